The van der Waals surface area contributed by atoms with E-state index in [0.29, 0.717) is 13.0 Å². The van der Waals surface area contributed by atoms with Gasteiger partial charge in [0.05, 0.1) is 6.61 Å². The van der Waals surface area contributed by atoms with Crippen molar-refractivity contribution in [2.45, 2.75) is 33.6 Å². The van der Waals surface area contributed by atoms with Crippen LogP contribution in [0.1, 0.15) is 25.8 Å². The highest BCUT2D eigenvalue weighted by Crippen LogP contribution is 2.32. The van der Waals surface area contributed by atoms with Gasteiger partial charge < -0.3 is 14.2 Å². The van der Waals surface area contributed by atoms with E-state index in [1.54, 1.807) is 14.0 Å². The van der Waals surface area contributed by atoms with Crippen LogP contribution in [0.5, 0.6) is 11.5 Å². The number of halogens is 3. The largest absolute Gasteiger partial charge is 0.573 e. The lowest BCUT2D eigenvalue weighted by Crippen LogP contribution is -2.18. The van der Waals surface area contributed by atoms with E-state index in [4.69, 9.17) is 9.47 Å². The van der Waals surface area contributed by atoms with E-state index in [9.17, 15) is 13.2 Å². The van der Waals surface area contributed by atoms with Crippen molar-refractivity contribution in [1.82, 2.24) is 0 Å². The van der Waals surface area contributed by atoms with E-state index in [0.717, 1.165) is 5.56 Å². The Morgan fingerprint density at radius 1 is 1.05 bits per heavy atom. The molecule has 0 aromatic heterocycles. The summed E-state index contributed by atoms with van der Waals surface area (Å²) in [6, 6.07) is 4.28. The highest BCUT2D eigenvalue weighted by atomic mass is 19.4. The fourth-order valence-electron chi connectivity index (χ4n) is 1.32. The van der Waals surface area contributed by atoms with Crippen molar-refractivity contribution in [3.8, 4) is 11.5 Å². The molecule has 0 aliphatic rings. The van der Waals surface area contributed by atoms with Crippen LogP contribution in [-0.2, 0) is 4.74 Å². The van der Waals surface area contributed by atoms with Gasteiger partial charge in [-0.15, -0.1) is 13.2 Å². The number of hydrogen-bond acceptors (Lipinski definition) is 3. The third kappa shape index (κ3) is 7.89. The lowest BCUT2D eigenvalue weighted by atomic mass is 10.2. The minimum Gasteiger partial charge on any atom is -0.490 e. The van der Waals surface area contributed by atoms with Crippen LogP contribution in [0.4, 0.5) is 13.2 Å². The normalized spacial score (nSPS) is 10.6. The number of aryl methyl sites for hydroxylation is 1. The highest BCUT2D eigenvalue weighted by Gasteiger charge is 2.32. The van der Waals surface area contributed by atoms with Crippen LogP contribution in [0.25, 0.3) is 0 Å². The molecule has 0 atom stereocenters. The fraction of sp³-hybridized carbons (Fsp3) is 0.571. The SMILES string of the molecule is CC.COCCCOc1cc(C)ccc1OC(F)(F)F. The van der Waals surface area contributed by atoms with Crippen LogP contribution in [0.15, 0.2) is 18.2 Å². The lowest BCUT2D eigenvalue weighted by molar-refractivity contribution is -0.275. The first kappa shape index (κ1) is 18.6. The highest BCUT2D eigenvalue weighted by molar-refractivity contribution is 5.42. The van der Waals surface area contributed by atoms with Crippen molar-refractivity contribution in [3.63, 3.8) is 0 Å². The molecular formula is C14H21F3O3. The summed E-state index contributed by atoms with van der Waals surface area (Å²) in [6.45, 7) is 6.52. The Morgan fingerprint density at radius 2 is 1.70 bits per heavy atom. The fourth-order valence-corrected chi connectivity index (χ4v) is 1.32. The van der Waals surface area contributed by atoms with E-state index in [-0.39, 0.29) is 18.1 Å². The predicted octanol–water partition coefficient (Wildman–Crippen LogP) is 4.34. The maximum atomic E-state index is 12.2. The first-order chi connectivity index (χ1) is 9.42. The van der Waals surface area contributed by atoms with E-state index < -0.39 is 6.36 Å². The molecule has 6 heteroatoms. The topological polar surface area (TPSA) is 27.7 Å². The van der Waals surface area contributed by atoms with E-state index >= 15 is 0 Å². The van der Waals surface area contributed by atoms with Gasteiger partial charge in [-0.25, -0.2) is 0 Å². The second-order valence-electron chi connectivity index (χ2n) is 3.69. The maximum absolute atomic E-state index is 12.2. The number of benzene rings is 1. The van der Waals surface area contributed by atoms with Crippen LogP contribution in [0.3, 0.4) is 0 Å². The number of alkyl halides is 3. The Balaban J connectivity index is 0.00000172. The summed E-state index contributed by atoms with van der Waals surface area (Å²) in [5.74, 6) is -0.242. The smallest absolute Gasteiger partial charge is 0.490 e. The van der Waals surface area contributed by atoms with Crippen LogP contribution < -0.4 is 9.47 Å². The quantitative estimate of drug-likeness (QED) is 0.731. The summed E-state index contributed by atoms with van der Waals surface area (Å²) >= 11 is 0. The van der Waals surface area contributed by atoms with Gasteiger partial charge in [0.25, 0.3) is 0 Å². The van der Waals surface area contributed by atoms with Crippen LogP contribution in [0, 0.1) is 6.92 Å². The number of rotatable bonds is 6. The molecule has 0 amide bonds. The molecule has 3 nitrogen and oxygen atoms in total. The molecule has 0 unspecified atom stereocenters. The first-order valence-electron chi connectivity index (χ1n) is 6.40. The van der Waals surface area contributed by atoms with Gasteiger partial charge in [-0.3, -0.25) is 0 Å². The van der Waals surface area contributed by atoms with E-state index in [1.165, 1.54) is 18.2 Å². The number of hydrogen-bond donors (Lipinski definition) is 0. The summed E-state index contributed by atoms with van der Waals surface area (Å²) in [6.07, 6.45) is -4.13. The van der Waals surface area contributed by atoms with Crippen molar-refractivity contribution >= 4 is 0 Å². The van der Waals surface area contributed by atoms with Crippen LogP contribution >= 0.6 is 0 Å². The molecule has 0 bridgehead atoms. The first-order valence-corrected chi connectivity index (χ1v) is 6.40. The summed E-state index contributed by atoms with van der Waals surface area (Å²) in [5, 5.41) is 0. The van der Waals surface area contributed by atoms with Crippen molar-refractivity contribution in [2.75, 3.05) is 20.3 Å². The number of methoxy groups -OCH3 is 1. The minimum atomic E-state index is -4.72. The molecule has 0 aliphatic carbocycles. The molecule has 0 radical (unpaired) electrons. The molecular weight excluding hydrogens is 273 g/mol. The Kier molecular flexibility index (Phi) is 8.79. The van der Waals surface area contributed by atoms with Gasteiger partial charge in [-0.1, -0.05) is 19.9 Å². The zero-order valence-electron chi connectivity index (χ0n) is 12.2. The summed E-state index contributed by atoms with van der Waals surface area (Å²) in [4.78, 5) is 0. The predicted molar refractivity (Wildman–Crippen MR) is 71.2 cm³/mol. The van der Waals surface area contributed by atoms with Gasteiger partial charge in [-0.05, 0) is 24.6 Å². The average molecular weight is 294 g/mol. The monoisotopic (exact) mass is 294 g/mol. The van der Waals surface area contributed by atoms with Crippen LogP contribution in [-0.4, -0.2) is 26.7 Å². The van der Waals surface area contributed by atoms with E-state index in [2.05, 4.69) is 4.74 Å². The van der Waals surface area contributed by atoms with Gasteiger partial charge in [-0.2, -0.15) is 0 Å². The Morgan fingerprint density at radius 3 is 2.25 bits per heavy atom. The Hall–Kier alpha value is -1.43. The Labute approximate surface area is 117 Å². The molecule has 0 saturated heterocycles. The molecule has 0 N–H and O–H groups in total. The van der Waals surface area contributed by atoms with Crippen molar-refractivity contribution in [2.24, 2.45) is 0 Å². The van der Waals surface area contributed by atoms with Gasteiger partial charge >= 0.3 is 6.36 Å². The van der Waals surface area contributed by atoms with Gasteiger partial charge in [0, 0.05) is 20.1 Å². The summed E-state index contributed by atoms with van der Waals surface area (Å²) in [5.41, 5.74) is 0.797. The van der Waals surface area contributed by atoms with Crippen molar-refractivity contribution < 1.29 is 27.4 Å². The van der Waals surface area contributed by atoms with Crippen molar-refractivity contribution in [3.05, 3.63) is 23.8 Å². The zero-order valence-corrected chi connectivity index (χ0v) is 12.2. The lowest BCUT2D eigenvalue weighted by Gasteiger charge is -2.14. The molecule has 1 aromatic rings. The summed E-state index contributed by atoms with van der Waals surface area (Å²) in [7, 11) is 1.55. The molecule has 1 rings (SSSR count). The molecule has 0 heterocycles. The standard InChI is InChI=1S/C12H15F3O3.C2H6/c1-9-4-5-10(18-12(13,14)15)11(8-9)17-7-3-6-16-2;1-2/h4-5,8H,3,6-7H2,1-2H3;1-2H3. The molecule has 0 aliphatic heterocycles. The molecule has 1 aromatic carbocycles. The third-order valence-corrected chi connectivity index (χ3v) is 2.08. The third-order valence-electron chi connectivity index (χ3n) is 2.08. The molecule has 0 fully saturated rings. The van der Waals surface area contributed by atoms with Gasteiger partial charge in [0.15, 0.2) is 11.5 Å². The molecule has 0 saturated carbocycles. The van der Waals surface area contributed by atoms with Gasteiger partial charge in [0.1, 0.15) is 0 Å². The molecule has 20 heavy (non-hydrogen) atoms. The van der Waals surface area contributed by atoms with E-state index in [1.807, 2.05) is 13.8 Å². The molecule has 116 valence electrons. The summed E-state index contributed by atoms with van der Waals surface area (Å²) < 4.78 is 50.5. The average Bonchev–Trinajstić information content (AvgIpc) is 2.38. The minimum absolute atomic E-state index is 0.0865. The molecule has 0 spiro atoms. The second-order valence-corrected chi connectivity index (χ2v) is 3.69. The number of ether oxygens (including phenoxy) is 3. The van der Waals surface area contributed by atoms with Crippen molar-refractivity contribution in [1.29, 1.82) is 0 Å². The van der Waals surface area contributed by atoms with Gasteiger partial charge in [0.2, 0.25) is 0 Å². The zero-order chi connectivity index (χ0) is 15.6. The second kappa shape index (κ2) is 9.47. The Bertz CT molecular complexity index is 378. The van der Waals surface area contributed by atoms with Crippen LogP contribution in [0.2, 0.25) is 0 Å². The maximum Gasteiger partial charge on any atom is 0.573 e.